The maximum absolute atomic E-state index is 12.2. The van der Waals surface area contributed by atoms with E-state index >= 15 is 0 Å². The van der Waals surface area contributed by atoms with Crippen LogP contribution in [-0.4, -0.2) is 66.5 Å². The van der Waals surface area contributed by atoms with E-state index in [9.17, 15) is 29.5 Å². The number of β-amino-alcohol motifs (C(OH)–C–C–N with tert-alkyl or cyclic N) is 1. The van der Waals surface area contributed by atoms with Crippen molar-refractivity contribution in [3.63, 3.8) is 0 Å². The minimum absolute atomic E-state index is 0.0225. The lowest BCUT2D eigenvalue weighted by atomic mass is 10.1. The lowest BCUT2D eigenvalue weighted by Gasteiger charge is -2.35. The van der Waals surface area contributed by atoms with Crippen LogP contribution in [0.2, 0.25) is 5.02 Å². The van der Waals surface area contributed by atoms with Gasteiger partial charge in [-0.05, 0) is 18.2 Å². The number of nitrogens with one attached hydrogen (secondary N) is 3. The van der Waals surface area contributed by atoms with Crippen molar-refractivity contribution in [2.75, 3.05) is 23.4 Å². The average molecular weight is 465 g/mol. The number of fused-ring (bicyclic) bond motifs is 2. The minimum Gasteiger partial charge on any atom is -0.388 e. The van der Waals surface area contributed by atoms with Gasteiger partial charge in [-0.15, -0.1) is 0 Å². The Kier molecular flexibility index (Phi) is 6.36. The molecule has 0 radical (unpaired) electrons. The summed E-state index contributed by atoms with van der Waals surface area (Å²) >= 11 is 6.03. The molecule has 3 rings (SSSR count). The highest BCUT2D eigenvalue weighted by Crippen LogP contribution is 2.41. The molecule has 1 aromatic carbocycles. The van der Waals surface area contributed by atoms with E-state index in [0.29, 0.717) is 16.4 Å². The van der Waals surface area contributed by atoms with E-state index in [1.807, 2.05) is 0 Å². The van der Waals surface area contributed by atoms with Gasteiger partial charge in [0.2, 0.25) is 0 Å². The topological polar surface area (TPSA) is 208 Å². The molecule has 0 amide bonds. The first-order valence-corrected chi connectivity index (χ1v) is 10.3. The van der Waals surface area contributed by atoms with Crippen molar-refractivity contribution < 1.29 is 34.2 Å². The number of nitrogens with zero attached hydrogens (tertiary/aromatic N) is 1. The lowest BCUT2D eigenvalue weighted by molar-refractivity contribution is -0.0717. The van der Waals surface area contributed by atoms with Crippen LogP contribution in [0.1, 0.15) is 0 Å². The Bertz CT molecular complexity index is 1100. The molecular formula is C15H18ClN4O9P. The standard InChI is InChI=1S/C15H18ClN4O9P/c16-6-1-2-7-8(3-6)20(13-11(17-7)14(24)19-15(25)18-13)4-9(21)12(23)10(22)5-29-30(26,27)28/h1-3,9-10,12,17,21-23H,4-5H2,(H2,26,27,28)(H2,18,19,24,25)/t9-,10+,12-/m0/s1. The molecule has 8 N–H and O–H groups in total. The molecule has 13 nitrogen and oxygen atoms in total. The van der Waals surface area contributed by atoms with Crippen LogP contribution in [0.25, 0.3) is 0 Å². The molecule has 0 bridgehead atoms. The molecule has 15 heteroatoms. The maximum atomic E-state index is 12.2. The molecule has 2 heterocycles. The normalized spacial score (nSPS) is 16.3. The number of aliphatic hydroxyl groups excluding tert-OH is 3. The number of aliphatic hydroxyl groups is 3. The Morgan fingerprint density at radius 3 is 2.50 bits per heavy atom. The number of rotatable bonds is 7. The van der Waals surface area contributed by atoms with Gasteiger partial charge in [-0.25, -0.2) is 9.36 Å². The van der Waals surface area contributed by atoms with Gasteiger partial charge in [0, 0.05) is 5.02 Å². The monoisotopic (exact) mass is 464 g/mol. The predicted molar refractivity (Wildman–Crippen MR) is 105 cm³/mol. The van der Waals surface area contributed by atoms with E-state index in [-0.39, 0.29) is 11.5 Å². The summed E-state index contributed by atoms with van der Waals surface area (Å²) in [5.41, 5.74) is -0.818. The van der Waals surface area contributed by atoms with Crippen LogP contribution in [0.3, 0.4) is 0 Å². The number of aromatic nitrogens is 2. The predicted octanol–water partition coefficient (Wildman–Crippen LogP) is -0.896. The van der Waals surface area contributed by atoms with Gasteiger partial charge in [0.25, 0.3) is 5.56 Å². The number of H-pyrrole nitrogens is 2. The van der Waals surface area contributed by atoms with Gasteiger partial charge in [0.15, 0.2) is 0 Å². The second kappa shape index (κ2) is 8.49. The highest BCUT2D eigenvalue weighted by molar-refractivity contribution is 7.46. The Morgan fingerprint density at radius 2 is 1.83 bits per heavy atom. The first-order chi connectivity index (χ1) is 14.0. The van der Waals surface area contributed by atoms with Crippen molar-refractivity contribution in [3.05, 3.63) is 44.1 Å². The molecular weight excluding hydrogens is 447 g/mol. The van der Waals surface area contributed by atoms with Crippen molar-refractivity contribution in [2.24, 2.45) is 0 Å². The van der Waals surface area contributed by atoms with Gasteiger partial charge in [-0.2, -0.15) is 0 Å². The number of anilines is 4. The fourth-order valence-corrected chi connectivity index (χ4v) is 3.41. The summed E-state index contributed by atoms with van der Waals surface area (Å²) in [6.07, 6.45) is -5.42. The zero-order valence-electron chi connectivity index (χ0n) is 15.0. The zero-order chi connectivity index (χ0) is 22.2. The molecule has 0 spiro atoms. The molecule has 1 aromatic heterocycles. The van der Waals surface area contributed by atoms with Crippen LogP contribution < -0.4 is 21.5 Å². The first-order valence-electron chi connectivity index (χ1n) is 8.41. The van der Waals surface area contributed by atoms with Gasteiger partial charge < -0.3 is 35.3 Å². The van der Waals surface area contributed by atoms with E-state index in [1.165, 1.54) is 11.0 Å². The van der Waals surface area contributed by atoms with Crippen LogP contribution in [0, 0.1) is 0 Å². The fraction of sp³-hybridized carbons (Fsp3) is 0.333. The van der Waals surface area contributed by atoms with E-state index in [1.54, 1.807) is 12.1 Å². The highest BCUT2D eigenvalue weighted by atomic mass is 35.5. The fourth-order valence-electron chi connectivity index (χ4n) is 2.89. The van der Waals surface area contributed by atoms with E-state index in [2.05, 4.69) is 19.8 Å². The van der Waals surface area contributed by atoms with Crippen LogP contribution in [0.5, 0.6) is 0 Å². The highest BCUT2D eigenvalue weighted by Gasteiger charge is 2.33. The second-order valence-electron chi connectivity index (χ2n) is 6.44. The third kappa shape index (κ3) is 4.91. The number of hydrogen-bond donors (Lipinski definition) is 8. The second-order valence-corrected chi connectivity index (χ2v) is 8.12. The summed E-state index contributed by atoms with van der Waals surface area (Å²) in [7, 11) is -4.89. The van der Waals surface area contributed by atoms with Gasteiger partial charge in [-0.1, -0.05) is 11.6 Å². The number of phosphoric ester groups is 1. The number of benzene rings is 1. The molecule has 0 unspecified atom stereocenters. The average Bonchev–Trinajstić information content (AvgIpc) is 2.65. The molecule has 1 aliphatic heterocycles. The first kappa shape index (κ1) is 22.5. The number of hydrogen-bond acceptors (Lipinski definition) is 9. The quantitative estimate of drug-likeness (QED) is 0.235. The van der Waals surface area contributed by atoms with E-state index in [0.717, 1.165) is 0 Å². The summed E-state index contributed by atoms with van der Waals surface area (Å²) in [6.45, 7) is -1.38. The van der Waals surface area contributed by atoms with Gasteiger partial charge in [-0.3, -0.25) is 19.3 Å². The van der Waals surface area contributed by atoms with Crippen molar-refractivity contribution in [1.29, 1.82) is 0 Å². The van der Waals surface area contributed by atoms with Crippen LogP contribution in [-0.2, 0) is 9.09 Å². The molecule has 0 aliphatic carbocycles. The zero-order valence-corrected chi connectivity index (χ0v) is 16.7. The number of aromatic amines is 2. The summed E-state index contributed by atoms with van der Waals surface area (Å²) in [4.78, 5) is 47.1. The largest absolute Gasteiger partial charge is 0.469 e. The third-order valence-electron chi connectivity index (χ3n) is 4.27. The van der Waals surface area contributed by atoms with Crippen molar-refractivity contribution in [2.45, 2.75) is 18.3 Å². The SMILES string of the molecule is O=c1[nH]c2c(c(=O)[nH]1)Nc1ccc(Cl)cc1N2C[C@H](O)[C@H](O)[C@H](O)COP(=O)(O)O. The van der Waals surface area contributed by atoms with Crippen molar-refractivity contribution in [1.82, 2.24) is 9.97 Å². The number of phosphoric acid groups is 1. The van der Waals surface area contributed by atoms with Gasteiger partial charge in [0.05, 0.1) is 24.5 Å². The summed E-state index contributed by atoms with van der Waals surface area (Å²) in [6, 6.07) is 4.59. The summed E-state index contributed by atoms with van der Waals surface area (Å²) < 4.78 is 14.9. The Hall–Kier alpha value is -2.22. The molecule has 0 saturated heterocycles. The molecule has 1 aliphatic rings. The number of halogens is 1. The maximum Gasteiger partial charge on any atom is 0.469 e. The Balaban J connectivity index is 1.91. The Morgan fingerprint density at radius 1 is 1.13 bits per heavy atom. The van der Waals surface area contributed by atoms with Crippen LogP contribution in [0.4, 0.5) is 22.9 Å². The van der Waals surface area contributed by atoms with Gasteiger partial charge >= 0.3 is 13.5 Å². The van der Waals surface area contributed by atoms with Crippen LogP contribution in [0.15, 0.2) is 27.8 Å². The molecule has 164 valence electrons. The molecule has 2 aromatic rings. The lowest BCUT2D eigenvalue weighted by Crippen LogP contribution is -2.46. The van der Waals surface area contributed by atoms with Crippen LogP contribution >= 0.6 is 19.4 Å². The summed E-state index contributed by atoms with van der Waals surface area (Å²) in [5, 5.41) is 33.5. The van der Waals surface area contributed by atoms with Gasteiger partial charge in [0.1, 0.15) is 29.8 Å². The van der Waals surface area contributed by atoms with Crippen molar-refractivity contribution in [3.8, 4) is 0 Å². The van der Waals surface area contributed by atoms with E-state index in [4.69, 9.17) is 21.4 Å². The smallest absolute Gasteiger partial charge is 0.388 e. The van der Waals surface area contributed by atoms with E-state index < -0.39 is 50.5 Å². The third-order valence-corrected chi connectivity index (χ3v) is 5.00. The summed E-state index contributed by atoms with van der Waals surface area (Å²) in [5.74, 6) is -0.0225. The van der Waals surface area contributed by atoms with Crippen molar-refractivity contribution >= 4 is 42.3 Å². The molecule has 3 atom stereocenters. The Labute approximate surface area is 172 Å². The molecule has 0 saturated carbocycles. The molecule has 30 heavy (non-hydrogen) atoms. The molecule has 0 fully saturated rings. The minimum atomic E-state index is -4.89.